The van der Waals surface area contributed by atoms with Gasteiger partial charge in [-0.3, -0.25) is 8.87 Å². The summed E-state index contributed by atoms with van der Waals surface area (Å²) in [7, 11) is -3.35. The maximum absolute atomic E-state index is 12.4. The Morgan fingerprint density at radius 2 is 1.84 bits per heavy atom. The minimum Gasteiger partial charge on any atom is -0.478 e. The van der Waals surface area contributed by atoms with Crippen molar-refractivity contribution < 1.29 is 13.2 Å². The fourth-order valence-electron chi connectivity index (χ4n) is 5.36. The van der Waals surface area contributed by atoms with E-state index in [-0.39, 0.29) is 0 Å². The van der Waals surface area contributed by atoms with Crippen LogP contribution in [0.2, 0.25) is 0 Å². The molecule has 38 heavy (non-hydrogen) atoms. The Morgan fingerprint density at radius 3 is 2.63 bits per heavy atom. The molecule has 0 bridgehead atoms. The summed E-state index contributed by atoms with van der Waals surface area (Å²) in [5.41, 5.74) is 5.72. The van der Waals surface area contributed by atoms with E-state index < -0.39 is 10.0 Å². The lowest BCUT2D eigenvalue weighted by molar-refractivity contribution is 0.257. The normalized spacial score (nSPS) is 16.2. The SMILES string of the molecule is CS(=O)(=O)N1CCCc2ccc(-n3cnc4ccc(-c5ccc(OCCCN6CCCC6)nc5)nc43)cc21. The number of rotatable bonds is 8. The summed E-state index contributed by atoms with van der Waals surface area (Å²) >= 11 is 0. The van der Waals surface area contributed by atoms with Crippen molar-refractivity contribution in [3.8, 4) is 22.8 Å². The average molecular weight is 533 g/mol. The zero-order chi connectivity index (χ0) is 26.1. The fraction of sp³-hybridized carbons (Fsp3) is 0.393. The van der Waals surface area contributed by atoms with Crippen molar-refractivity contribution in [2.24, 2.45) is 0 Å². The fourth-order valence-corrected chi connectivity index (χ4v) is 6.34. The van der Waals surface area contributed by atoms with Gasteiger partial charge in [-0.1, -0.05) is 6.07 Å². The van der Waals surface area contributed by atoms with E-state index in [0.29, 0.717) is 24.7 Å². The Hall–Kier alpha value is -3.50. The molecule has 1 fully saturated rings. The third-order valence-corrected chi connectivity index (χ3v) is 8.50. The molecule has 5 heterocycles. The number of likely N-dealkylation sites (tertiary alicyclic amines) is 1. The van der Waals surface area contributed by atoms with Gasteiger partial charge in [0, 0.05) is 30.9 Å². The highest BCUT2D eigenvalue weighted by Crippen LogP contribution is 2.32. The second-order valence-electron chi connectivity index (χ2n) is 10.0. The summed E-state index contributed by atoms with van der Waals surface area (Å²) in [4.78, 5) is 16.4. The number of fused-ring (bicyclic) bond motifs is 2. The molecule has 9 nitrogen and oxygen atoms in total. The number of hydrogen-bond donors (Lipinski definition) is 0. The number of benzene rings is 1. The highest BCUT2D eigenvalue weighted by Gasteiger charge is 2.24. The predicted molar refractivity (Wildman–Crippen MR) is 148 cm³/mol. The molecule has 1 aromatic carbocycles. The van der Waals surface area contributed by atoms with Crippen LogP contribution in [-0.2, 0) is 16.4 Å². The smallest absolute Gasteiger partial charge is 0.232 e. The van der Waals surface area contributed by atoms with Crippen molar-refractivity contribution in [3.05, 3.63) is 60.6 Å². The van der Waals surface area contributed by atoms with E-state index in [9.17, 15) is 8.42 Å². The second-order valence-corrected chi connectivity index (χ2v) is 11.9. The van der Waals surface area contributed by atoms with Crippen molar-refractivity contribution in [1.82, 2.24) is 24.4 Å². The molecule has 3 aromatic heterocycles. The molecule has 198 valence electrons. The number of sulfonamides is 1. The van der Waals surface area contributed by atoms with Crippen LogP contribution in [0.15, 0.2) is 55.0 Å². The summed E-state index contributed by atoms with van der Waals surface area (Å²) in [6.07, 6.45) is 10.1. The molecule has 4 aromatic rings. The molecule has 6 rings (SSSR count). The van der Waals surface area contributed by atoms with Crippen LogP contribution in [0.5, 0.6) is 5.88 Å². The lowest BCUT2D eigenvalue weighted by atomic mass is 10.0. The summed E-state index contributed by atoms with van der Waals surface area (Å²) in [6, 6.07) is 13.7. The predicted octanol–water partition coefficient (Wildman–Crippen LogP) is 4.06. The largest absolute Gasteiger partial charge is 0.478 e. The molecule has 0 amide bonds. The van der Waals surface area contributed by atoms with Crippen molar-refractivity contribution in [3.63, 3.8) is 0 Å². The number of hydrogen-bond acceptors (Lipinski definition) is 7. The van der Waals surface area contributed by atoms with E-state index in [2.05, 4.69) is 14.9 Å². The lowest BCUT2D eigenvalue weighted by Crippen LogP contribution is -2.34. The van der Waals surface area contributed by atoms with Gasteiger partial charge in [-0.05, 0) is 81.1 Å². The van der Waals surface area contributed by atoms with Crippen LogP contribution < -0.4 is 9.04 Å². The third-order valence-electron chi connectivity index (χ3n) is 7.32. The van der Waals surface area contributed by atoms with Crippen LogP contribution in [0.4, 0.5) is 5.69 Å². The molecule has 10 heteroatoms. The average Bonchev–Trinajstić information content (AvgIpc) is 3.60. The van der Waals surface area contributed by atoms with Gasteiger partial charge in [0.2, 0.25) is 15.9 Å². The first-order valence-electron chi connectivity index (χ1n) is 13.2. The van der Waals surface area contributed by atoms with E-state index in [1.54, 1.807) is 12.5 Å². The van der Waals surface area contributed by atoms with Crippen LogP contribution in [0.3, 0.4) is 0 Å². The van der Waals surface area contributed by atoms with Gasteiger partial charge in [-0.25, -0.2) is 23.4 Å². The van der Waals surface area contributed by atoms with Gasteiger partial charge in [0.1, 0.15) is 11.8 Å². The molecule has 1 saturated heterocycles. The van der Waals surface area contributed by atoms with Crippen LogP contribution in [0.25, 0.3) is 28.1 Å². The minimum absolute atomic E-state index is 0.494. The molecule has 0 atom stereocenters. The molecular formula is C28H32N6O3S. The number of anilines is 1. The maximum Gasteiger partial charge on any atom is 0.232 e. The molecule has 0 spiro atoms. The summed E-state index contributed by atoms with van der Waals surface area (Å²) in [6.45, 7) is 4.63. The standard InChI is InChI=1S/C28H32N6O3S/c1-38(35,36)34-16-4-6-21-7-9-23(18-26(21)34)33-20-30-25-11-10-24(31-28(25)33)22-8-12-27(29-19-22)37-17-5-15-32-13-2-3-14-32/h7-12,18-20H,2-6,13-17H2,1H3. The minimum atomic E-state index is -3.35. The molecule has 0 unspecified atom stereocenters. The molecule has 0 saturated carbocycles. The Kier molecular flexibility index (Phi) is 6.75. The number of imidazole rings is 1. The Bertz CT molecular complexity index is 1540. The summed E-state index contributed by atoms with van der Waals surface area (Å²) in [5, 5.41) is 0. The molecule has 0 radical (unpaired) electrons. The van der Waals surface area contributed by atoms with Gasteiger partial charge in [0.15, 0.2) is 5.65 Å². The van der Waals surface area contributed by atoms with Crippen molar-refractivity contribution in [2.45, 2.75) is 32.1 Å². The van der Waals surface area contributed by atoms with Crippen LogP contribution in [0.1, 0.15) is 31.2 Å². The van der Waals surface area contributed by atoms with Gasteiger partial charge in [-0.15, -0.1) is 0 Å². The zero-order valence-electron chi connectivity index (χ0n) is 21.6. The molecule has 2 aliphatic rings. The zero-order valence-corrected chi connectivity index (χ0v) is 22.4. The maximum atomic E-state index is 12.4. The van der Waals surface area contributed by atoms with E-state index >= 15 is 0 Å². The molecular weight excluding hydrogens is 500 g/mol. The number of ether oxygens (including phenoxy) is 1. The first kappa shape index (κ1) is 24.8. The van der Waals surface area contributed by atoms with Gasteiger partial charge in [0.25, 0.3) is 0 Å². The van der Waals surface area contributed by atoms with Crippen molar-refractivity contribution >= 4 is 26.9 Å². The van der Waals surface area contributed by atoms with E-state index in [1.165, 1.54) is 36.5 Å². The molecule has 0 N–H and O–H groups in total. The van der Waals surface area contributed by atoms with E-state index in [0.717, 1.165) is 59.5 Å². The molecule has 0 aliphatic carbocycles. The first-order valence-corrected chi connectivity index (χ1v) is 15.1. The second kappa shape index (κ2) is 10.3. The van der Waals surface area contributed by atoms with Crippen LogP contribution >= 0.6 is 0 Å². The lowest BCUT2D eigenvalue weighted by Gasteiger charge is -2.29. The topological polar surface area (TPSA) is 93.5 Å². The van der Waals surface area contributed by atoms with E-state index in [4.69, 9.17) is 9.72 Å². The monoisotopic (exact) mass is 532 g/mol. The van der Waals surface area contributed by atoms with Crippen LogP contribution in [0, 0.1) is 0 Å². The Morgan fingerprint density at radius 1 is 0.974 bits per heavy atom. The molecule has 2 aliphatic heterocycles. The number of pyridine rings is 2. The number of aryl methyl sites for hydroxylation is 1. The number of nitrogens with zero attached hydrogens (tertiary/aromatic N) is 6. The third kappa shape index (κ3) is 5.10. The number of aromatic nitrogens is 4. The van der Waals surface area contributed by atoms with Gasteiger partial charge in [-0.2, -0.15) is 0 Å². The van der Waals surface area contributed by atoms with Gasteiger partial charge < -0.3 is 9.64 Å². The Labute approximate surface area is 223 Å². The quantitative estimate of drug-likeness (QED) is 0.316. The Balaban J connectivity index is 1.22. The summed E-state index contributed by atoms with van der Waals surface area (Å²) < 4.78 is 34.0. The highest BCUT2D eigenvalue weighted by atomic mass is 32.2. The highest BCUT2D eigenvalue weighted by molar-refractivity contribution is 7.92. The van der Waals surface area contributed by atoms with Gasteiger partial charge >= 0.3 is 0 Å². The first-order chi connectivity index (χ1) is 18.5. The van der Waals surface area contributed by atoms with Crippen LogP contribution in [-0.4, -0.2) is 71.9 Å². The van der Waals surface area contributed by atoms with Gasteiger partial charge in [0.05, 0.1) is 29.9 Å². The van der Waals surface area contributed by atoms with E-state index in [1.807, 2.05) is 47.0 Å². The van der Waals surface area contributed by atoms with Crippen molar-refractivity contribution in [2.75, 3.05) is 43.3 Å². The summed E-state index contributed by atoms with van der Waals surface area (Å²) in [5.74, 6) is 0.616. The van der Waals surface area contributed by atoms with Crippen molar-refractivity contribution in [1.29, 1.82) is 0 Å².